The van der Waals surface area contributed by atoms with E-state index in [0.717, 1.165) is 11.1 Å². The van der Waals surface area contributed by atoms with Crippen molar-refractivity contribution in [2.24, 2.45) is 11.8 Å². The normalized spacial score (nSPS) is 17.5. The molecule has 2 aromatic carbocycles. The first-order valence-corrected chi connectivity index (χ1v) is 15.1. The lowest BCUT2D eigenvalue weighted by Gasteiger charge is -2.23. The molecule has 3 rings (SSSR count). The van der Waals surface area contributed by atoms with E-state index in [1.165, 1.54) is 0 Å². The fraction of sp³-hybridized carbons (Fsp3) is 0.485. The molecule has 1 aliphatic carbocycles. The van der Waals surface area contributed by atoms with Crippen LogP contribution in [0.4, 0.5) is 9.59 Å². The molecule has 0 saturated heterocycles. The van der Waals surface area contributed by atoms with Crippen LogP contribution in [0.3, 0.4) is 0 Å². The van der Waals surface area contributed by atoms with Crippen LogP contribution in [0.2, 0.25) is 0 Å². The molecule has 11 heteroatoms. The van der Waals surface area contributed by atoms with Gasteiger partial charge in [-0.15, -0.1) is 0 Å². The summed E-state index contributed by atoms with van der Waals surface area (Å²) in [5.74, 6) is -1.17. The number of ether oxygens (including phenoxy) is 2. The largest absolute Gasteiger partial charge is 0.445 e. The Hall–Kier alpha value is -4.41. The van der Waals surface area contributed by atoms with Crippen molar-refractivity contribution in [2.75, 3.05) is 0 Å². The average Bonchev–Trinajstić information content (AvgIpc) is 3.32. The maximum atomic E-state index is 13.2. The molecule has 4 N–H and O–H groups in total. The molecule has 2 aromatic rings. The molecule has 11 nitrogen and oxygen atoms in total. The predicted molar refractivity (Wildman–Crippen MR) is 164 cm³/mol. The lowest BCUT2D eigenvalue weighted by molar-refractivity contribution is -0.130. The van der Waals surface area contributed by atoms with Crippen LogP contribution < -0.4 is 21.3 Å². The van der Waals surface area contributed by atoms with Crippen molar-refractivity contribution in [3.63, 3.8) is 0 Å². The van der Waals surface area contributed by atoms with Gasteiger partial charge in [0, 0.05) is 0 Å². The van der Waals surface area contributed by atoms with Crippen LogP contribution in [-0.4, -0.2) is 54.0 Å². The Morgan fingerprint density at radius 1 is 0.659 bits per heavy atom. The van der Waals surface area contributed by atoms with E-state index in [2.05, 4.69) is 21.3 Å². The second-order valence-electron chi connectivity index (χ2n) is 11.9. The van der Waals surface area contributed by atoms with Crippen molar-refractivity contribution in [1.29, 1.82) is 0 Å². The zero-order chi connectivity index (χ0) is 32.1. The summed E-state index contributed by atoms with van der Waals surface area (Å²) < 4.78 is 10.5. The third kappa shape index (κ3) is 11.3. The standard InChI is InChI=1S/C33H44N4O7/c1-21(2)17-27(36-32(41)43-19-23-11-7-5-8-12-23)30(39)34-25-15-16-26(29(25)38)35-31(40)28(18-22(3)4)37-33(42)44-20-24-13-9-6-10-14-24/h5-14,21-22,25-28H,15-20H2,1-4H3,(H,34,39)(H,35,40)(H,36,41)(H,37,42)/t25-,26-,27-,28-/m0/s1. The molecule has 0 radical (unpaired) electrons. The average molecular weight is 609 g/mol. The molecule has 0 spiro atoms. The van der Waals surface area contributed by atoms with Crippen LogP contribution in [0, 0.1) is 11.8 Å². The third-order valence-electron chi connectivity index (χ3n) is 7.12. The van der Waals surface area contributed by atoms with E-state index in [-0.39, 0.29) is 30.8 Å². The van der Waals surface area contributed by atoms with Crippen molar-refractivity contribution in [1.82, 2.24) is 21.3 Å². The van der Waals surface area contributed by atoms with Gasteiger partial charge in [-0.05, 0) is 48.6 Å². The van der Waals surface area contributed by atoms with E-state index < -0.39 is 48.2 Å². The first kappa shape index (κ1) is 34.1. The van der Waals surface area contributed by atoms with Gasteiger partial charge in [0.15, 0.2) is 5.78 Å². The molecule has 1 saturated carbocycles. The summed E-state index contributed by atoms with van der Waals surface area (Å²) in [6, 6.07) is 14.9. The van der Waals surface area contributed by atoms with E-state index in [1.807, 2.05) is 88.4 Å². The summed E-state index contributed by atoms with van der Waals surface area (Å²) in [4.78, 5) is 64.4. The molecule has 1 fully saturated rings. The Kier molecular flexibility index (Phi) is 13.2. The predicted octanol–water partition coefficient (Wildman–Crippen LogP) is 4.00. The van der Waals surface area contributed by atoms with Gasteiger partial charge in [0.05, 0.1) is 12.1 Å². The van der Waals surface area contributed by atoms with Crippen LogP contribution in [-0.2, 0) is 37.1 Å². The van der Waals surface area contributed by atoms with E-state index in [9.17, 15) is 24.0 Å². The van der Waals surface area contributed by atoms with Gasteiger partial charge in [0.1, 0.15) is 25.3 Å². The summed E-state index contributed by atoms with van der Waals surface area (Å²) in [6.45, 7) is 7.79. The third-order valence-corrected chi connectivity index (χ3v) is 7.12. The zero-order valence-corrected chi connectivity index (χ0v) is 25.8. The Labute approximate surface area is 258 Å². The molecule has 238 valence electrons. The highest BCUT2D eigenvalue weighted by molar-refractivity contribution is 5.98. The second kappa shape index (κ2) is 17.0. The summed E-state index contributed by atoms with van der Waals surface area (Å²) in [6.07, 6.45) is -0.132. The van der Waals surface area contributed by atoms with Gasteiger partial charge in [0.25, 0.3) is 0 Å². The van der Waals surface area contributed by atoms with Gasteiger partial charge < -0.3 is 30.7 Å². The summed E-state index contributed by atoms with van der Waals surface area (Å²) in [5, 5.41) is 10.7. The van der Waals surface area contributed by atoms with Crippen LogP contribution in [0.15, 0.2) is 60.7 Å². The van der Waals surface area contributed by atoms with Gasteiger partial charge in [0.2, 0.25) is 11.8 Å². The maximum Gasteiger partial charge on any atom is 0.408 e. The van der Waals surface area contributed by atoms with Gasteiger partial charge in [-0.1, -0.05) is 88.4 Å². The van der Waals surface area contributed by atoms with E-state index in [0.29, 0.717) is 25.7 Å². The van der Waals surface area contributed by atoms with Gasteiger partial charge in [-0.3, -0.25) is 14.4 Å². The lowest BCUT2D eigenvalue weighted by atomic mass is 10.0. The summed E-state index contributed by atoms with van der Waals surface area (Å²) in [5.41, 5.74) is 1.62. The number of hydrogen-bond donors (Lipinski definition) is 4. The van der Waals surface area contributed by atoms with E-state index >= 15 is 0 Å². The highest BCUT2D eigenvalue weighted by Crippen LogP contribution is 2.18. The monoisotopic (exact) mass is 608 g/mol. The minimum absolute atomic E-state index is 0.0581. The molecular weight excluding hydrogens is 564 g/mol. The van der Waals surface area contributed by atoms with Crippen molar-refractivity contribution >= 4 is 29.8 Å². The smallest absolute Gasteiger partial charge is 0.408 e. The number of nitrogens with one attached hydrogen (secondary N) is 4. The molecule has 0 aromatic heterocycles. The lowest BCUT2D eigenvalue weighted by Crippen LogP contribution is -2.54. The molecular formula is C33H44N4O7. The number of carbonyl (C=O) groups excluding carboxylic acids is 5. The Balaban J connectivity index is 1.52. The minimum atomic E-state index is -0.902. The first-order chi connectivity index (χ1) is 21.0. The van der Waals surface area contributed by atoms with Crippen molar-refractivity contribution in [3.8, 4) is 0 Å². The number of carbonyl (C=O) groups is 5. The van der Waals surface area contributed by atoms with Crippen molar-refractivity contribution in [3.05, 3.63) is 71.8 Å². The Morgan fingerprint density at radius 2 is 1.02 bits per heavy atom. The fourth-order valence-electron chi connectivity index (χ4n) is 4.91. The molecule has 4 atom stereocenters. The SMILES string of the molecule is CC(C)C[C@H](NC(=O)OCc1ccccc1)C(=O)N[C@H]1CC[C@H](NC(=O)[C@H](CC(C)C)NC(=O)OCc2ccccc2)C1=O. The van der Waals surface area contributed by atoms with E-state index in [4.69, 9.17) is 9.47 Å². The summed E-state index contributed by atoms with van der Waals surface area (Å²) in [7, 11) is 0. The number of amides is 4. The minimum Gasteiger partial charge on any atom is -0.445 e. The number of alkyl carbamates (subject to hydrolysis) is 2. The van der Waals surface area contributed by atoms with Crippen molar-refractivity contribution < 1.29 is 33.4 Å². The molecule has 0 aliphatic heterocycles. The zero-order valence-electron chi connectivity index (χ0n) is 25.8. The molecule has 1 aliphatic rings. The quantitative estimate of drug-likeness (QED) is 0.253. The van der Waals surface area contributed by atoms with Gasteiger partial charge in [-0.2, -0.15) is 0 Å². The number of Topliss-reactive ketones (excluding diaryl/α,β-unsaturated/α-hetero) is 1. The second-order valence-corrected chi connectivity index (χ2v) is 11.9. The highest BCUT2D eigenvalue weighted by atomic mass is 16.6. The van der Waals surface area contributed by atoms with Crippen LogP contribution in [0.25, 0.3) is 0 Å². The maximum absolute atomic E-state index is 13.2. The van der Waals surface area contributed by atoms with Crippen LogP contribution in [0.5, 0.6) is 0 Å². The summed E-state index contributed by atoms with van der Waals surface area (Å²) >= 11 is 0. The Morgan fingerprint density at radius 3 is 1.36 bits per heavy atom. The Bertz CT molecular complexity index is 1160. The van der Waals surface area contributed by atoms with Crippen LogP contribution in [0.1, 0.15) is 64.5 Å². The first-order valence-electron chi connectivity index (χ1n) is 15.1. The van der Waals surface area contributed by atoms with Gasteiger partial charge in [-0.25, -0.2) is 9.59 Å². The molecule has 4 amide bonds. The number of ketones is 1. The van der Waals surface area contributed by atoms with E-state index in [1.54, 1.807) is 0 Å². The fourth-order valence-corrected chi connectivity index (χ4v) is 4.91. The molecule has 0 unspecified atom stereocenters. The number of rotatable bonds is 14. The van der Waals surface area contributed by atoms with Crippen LogP contribution >= 0.6 is 0 Å². The topological polar surface area (TPSA) is 152 Å². The molecule has 44 heavy (non-hydrogen) atoms. The molecule has 0 heterocycles. The molecule has 0 bridgehead atoms. The van der Waals surface area contributed by atoms with Crippen molar-refractivity contribution in [2.45, 2.75) is 90.8 Å². The number of hydrogen-bond acceptors (Lipinski definition) is 7. The number of benzene rings is 2. The van der Waals surface area contributed by atoms with Gasteiger partial charge >= 0.3 is 12.2 Å². The highest BCUT2D eigenvalue weighted by Gasteiger charge is 2.38.